The summed E-state index contributed by atoms with van der Waals surface area (Å²) in [7, 11) is 4.17. The summed E-state index contributed by atoms with van der Waals surface area (Å²) in [5, 5.41) is 0. The lowest BCUT2D eigenvalue weighted by Crippen LogP contribution is -2.55. The standard InChI is InChI=1S/C21H35N7O.C12H12/c1-5-18-23-20(24-21(26(18)4)28-14-16-29-17-15-28)25(3)12-13-27(6-2)19-10-8-7-9-11-22-19;1-10-6-2-3-7-11-8-4-5-9-12(10)11/h7,9-11,21H,5-6,8,12-17H2,1-4H3;3-9H,2H2,1H3. The molecule has 0 N–H and O–H groups in total. The van der Waals surface area contributed by atoms with E-state index in [-0.39, 0.29) is 6.29 Å². The van der Waals surface area contributed by atoms with Gasteiger partial charge in [-0.25, -0.2) is 15.0 Å². The molecule has 1 saturated heterocycles. The summed E-state index contributed by atoms with van der Waals surface area (Å²) in [5.74, 6) is 2.93. The van der Waals surface area contributed by atoms with Gasteiger partial charge in [-0.2, -0.15) is 0 Å². The van der Waals surface area contributed by atoms with Crippen LogP contribution < -0.4 is 0 Å². The van der Waals surface area contributed by atoms with Gasteiger partial charge in [0.25, 0.3) is 0 Å². The minimum absolute atomic E-state index is 0.00804. The highest BCUT2D eigenvalue weighted by Crippen LogP contribution is 2.23. The Hall–Kier alpha value is -3.49. The van der Waals surface area contributed by atoms with E-state index in [1.807, 2.05) is 12.3 Å². The van der Waals surface area contributed by atoms with E-state index in [1.54, 1.807) is 0 Å². The molecule has 3 heterocycles. The van der Waals surface area contributed by atoms with Crippen molar-refractivity contribution >= 4 is 29.7 Å². The van der Waals surface area contributed by atoms with Gasteiger partial charge in [-0.3, -0.25) is 4.90 Å². The van der Waals surface area contributed by atoms with E-state index in [0.29, 0.717) is 0 Å². The van der Waals surface area contributed by atoms with Crippen LogP contribution in [0.4, 0.5) is 0 Å². The molecule has 0 spiro atoms. The topological polar surface area (TPSA) is 59.3 Å². The predicted molar refractivity (Wildman–Crippen MR) is 173 cm³/mol. The van der Waals surface area contributed by atoms with Crippen LogP contribution >= 0.6 is 0 Å². The fourth-order valence-corrected chi connectivity index (χ4v) is 5.25. The van der Waals surface area contributed by atoms with Crippen molar-refractivity contribution in [2.75, 3.05) is 60.0 Å². The van der Waals surface area contributed by atoms with Gasteiger partial charge in [-0.15, -0.1) is 0 Å². The average molecular weight is 558 g/mol. The Balaban J connectivity index is 0.000000267. The molecule has 1 fully saturated rings. The SMILES string of the molecule is CC1=CCC=Cc2ccccc21.CCC1=NC(N(C)CCN(CC)C2=CCC=CC=N2)=NC(N2CCOCC2)N1C. The first-order valence-electron chi connectivity index (χ1n) is 15.0. The smallest absolute Gasteiger partial charge is 0.225 e. The number of allylic oxidation sites excluding steroid dienone is 6. The number of benzene rings is 1. The van der Waals surface area contributed by atoms with E-state index in [2.05, 4.69) is 114 Å². The molecule has 0 saturated carbocycles. The first kappa shape index (κ1) is 30.5. The molecule has 1 atom stereocenters. The fourth-order valence-electron chi connectivity index (χ4n) is 5.25. The molecule has 5 rings (SSSR count). The number of amidine groups is 1. The Morgan fingerprint density at radius 2 is 1.80 bits per heavy atom. The van der Waals surface area contributed by atoms with Crippen LogP contribution in [-0.4, -0.2) is 104 Å². The van der Waals surface area contributed by atoms with Crippen molar-refractivity contribution in [3.8, 4) is 0 Å². The molecule has 1 aliphatic carbocycles. The largest absolute Gasteiger partial charge is 0.379 e. The molecule has 220 valence electrons. The maximum atomic E-state index is 5.52. The normalized spacial score (nSPS) is 20.4. The Morgan fingerprint density at radius 3 is 2.59 bits per heavy atom. The third-order valence-corrected chi connectivity index (χ3v) is 7.76. The quantitative estimate of drug-likeness (QED) is 0.453. The number of hydrogen-bond acceptors (Lipinski definition) is 8. The third-order valence-electron chi connectivity index (χ3n) is 7.76. The van der Waals surface area contributed by atoms with Gasteiger partial charge in [-0.1, -0.05) is 55.5 Å². The van der Waals surface area contributed by atoms with E-state index in [9.17, 15) is 0 Å². The number of morpholine rings is 1. The molecular formula is C33H47N7O. The molecular weight excluding hydrogens is 510 g/mol. The number of fused-ring (bicyclic) bond motifs is 1. The first-order valence-corrected chi connectivity index (χ1v) is 15.0. The maximum absolute atomic E-state index is 5.52. The number of rotatable bonds is 7. The van der Waals surface area contributed by atoms with Crippen molar-refractivity contribution in [3.05, 3.63) is 71.6 Å². The van der Waals surface area contributed by atoms with Gasteiger partial charge in [0.15, 0.2) is 6.29 Å². The van der Waals surface area contributed by atoms with Crippen molar-refractivity contribution in [1.29, 1.82) is 0 Å². The number of guanidine groups is 1. The van der Waals surface area contributed by atoms with E-state index < -0.39 is 0 Å². The zero-order valence-corrected chi connectivity index (χ0v) is 25.5. The van der Waals surface area contributed by atoms with Crippen LogP contribution in [0.1, 0.15) is 51.2 Å². The van der Waals surface area contributed by atoms with Crippen LogP contribution in [0.3, 0.4) is 0 Å². The van der Waals surface area contributed by atoms with Crippen LogP contribution in [0.5, 0.6) is 0 Å². The summed E-state index contributed by atoms with van der Waals surface area (Å²) in [5.41, 5.74) is 4.09. The summed E-state index contributed by atoms with van der Waals surface area (Å²) < 4.78 is 5.52. The van der Waals surface area contributed by atoms with Gasteiger partial charge in [0.2, 0.25) is 5.96 Å². The second kappa shape index (κ2) is 15.5. The lowest BCUT2D eigenvalue weighted by molar-refractivity contribution is -0.00836. The molecule has 0 bridgehead atoms. The number of aliphatic imine (C=N–C) groups is 3. The highest BCUT2D eigenvalue weighted by atomic mass is 16.5. The second-order valence-electron chi connectivity index (χ2n) is 10.5. The van der Waals surface area contributed by atoms with Crippen LogP contribution in [0.25, 0.3) is 11.6 Å². The van der Waals surface area contributed by atoms with Crippen molar-refractivity contribution in [3.63, 3.8) is 0 Å². The second-order valence-corrected chi connectivity index (χ2v) is 10.5. The molecule has 4 aliphatic rings. The van der Waals surface area contributed by atoms with Crippen LogP contribution in [0, 0.1) is 0 Å². The zero-order chi connectivity index (χ0) is 29.0. The fraction of sp³-hybridized carbons (Fsp3) is 0.485. The van der Waals surface area contributed by atoms with E-state index in [4.69, 9.17) is 14.7 Å². The summed E-state index contributed by atoms with van der Waals surface area (Å²) in [6, 6.07) is 8.52. The van der Waals surface area contributed by atoms with Crippen LogP contribution in [-0.2, 0) is 4.74 Å². The van der Waals surface area contributed by atoms with Gasteiger partial charge in [0, 0.05) is 59.5 Å². The minimum atomic E-state index is -0.00804. The monoisotopic (exact) mass is 557 g/mol. The number of likely N-dealkylation sites (N-methyl/N-ethyl adjacent to an activating group) is 2. The van der Waals surface area contributed by atoms with Gasteiger partial charge >= 0.3 is 0 Å². The van der Waals surface area contributed by atoms with Crippen molar-refractivity contribution in [2.45, 2.75) is 46.3 Å². The van der Waals surface area contributed by atoms with E-state index >= 15 is 0 Å². The maximum Gasteiger partial charge on any atom is 0.225 e. The highest BCUT2D eigenvalue weighted by Gasteiger charge is 2.30. The molecule has 3 aliphatic heterocycles. The molecule has 1 aromatic rings. The molecule has 41 heavy (non-hydrogen) atoms. The third kappa shape index (κ3) is 8.27. The summed E-state index contributed by atoms with van der Waals surface area (Å²) in [6.45, 7) is 12.5. The number of ether oxygens (including phenoxy) is 1. The summed E-state index contributed by atoms with van der Waals surface area (Å²) >= 11 is 0. The highest BCUT2D eigenvalue weighted by molar-refractivity contribution is 5.97. The van der Waals surface area contributed by atoms with Crippen molar-refractivity contribution in [2.24, 2.45) is 15.0 Å². The zero-order valence-electron chi connectivity index (χ0n) is 25.5. The number of nitrogens with zero attached hydrogens (tertiary/aromatic N) is 7. The van der Waals surface area contributed by atoms with Gasteiger partial charge in [0.1, 0.15) is 11.7 Å². The van der Waals surface area contributed by atoms with Crippen LogP contribution in [0.2, 0.25) is 0 Å². The van der Waals surface area contributed by atoms with Crippen LogP contribution in [0.15, 0.2) is 75.4 Å². The van der Waals surface area contributed by atoms with E-state index in [0.717, 1.165) is 82.8 Å². The lowest BCUT2D eigenvalue weighted by Gasteiger charge is -2.41. The average Bonchev–Trinajstić information content (AvgIpc) is 3.40. The number of hydrogen-bond donors (Lipinski definition) is 0. The molecule has 0 aromatic heterocycles. The Bertz CT molecular complexity index is 1220. The summed E-state index contributed by atoms with van der Waals surface area (Å²) in [6.07, 6.45) is 17.7. The molecule has 1 aromatic carbocycles. The van der Waals surface area contributed by atoms with Crippen molar-refractivity contribution in [1.82, 2.24) is 19.6 Å². The molecule has 8 heteroatoms. The predicted octanol–water partition coefficient (Wildman–Crippen LogP) is 5.34. The van der Waals surface area contributed by atoms with Gasteiger partial charge in [0.05, 0.1) is 13.2 Å². The Labute approximate surface area is 246 Å². The van der Waals surface area contributed by atoms with E-state index in [1.165, 1.54) is 16.7 Å². The minimum Gasteiger partial charge on any atom is -0.379 e. The molecule has 0 radical (unpaired) electrons. The molecule has 0 amide bonds. The Morgan fingerprint density at radius 1 is 1.02 bits per heavy atom. The van der Waals surface area contributed by atoms with Crippen molar-refractivity contribution < 1.29 is 4.74 Å². The van der Waals surface area contributed by atoms with Gasteiger partial charge in [-0.05, 0) is 55.5 Å². The molecule has 1 unspecified atom stereocenters. The summed E-state index contributed by atoms with van der Waals surface area (Å²) in [4.78, 5) is 23.4. The van der Waals surface area contributed by atoms with Gasteiger partial charge < -0.3 is 19.4 Å². The Kier molecular flexibility index (Phi) is 11.5. The first-order chi connectivity index (χ1) is 20.0. The molecule has 8 nitrogen and oxygen atoms in total. The lowest BCUT2D eigenvalue weighted by atomic mass is 10.0.